The fraction of sp³-hybridized carbons (Fsp3) is 0.417. The molecule has 0 amide bonds. The predicted molar refractivity (Wildman–Crippen MR) is 59.5 cm³/mol. The molecule has 0 unspecified atom stereocenters. The van der Waals surface area contributed by atoms with Crippen molar-refractivity contribution in [3.63, 3.8) is 0 Å². The molecule has 0 spiro atoms. The molecule has 1 aliphatic rings. The van der Waals surface area contributed by atoms with Crippen molar-refractivity contribution in [1.29, 1.82) is 0 Å². The van der Waals surface area contributed by atoms with Gasteiger partial charge < -0.3 is 5.32 Å². The minimum absolute atomic E-state index is 0.123. The van der Waals surface area contributed by atoms with Gasteiger partial charge in [0.2, 0.25) is 0 Å². The SMILES string of the molecule is C[C@@H](NC1=NCCC1)c1cccc(F)c1. The van der Waals surface area contributed by atoms with Crippen molar-refractivity contribution in [2.75, 3.05) is 6.54 Å². The Morgan fingerprint density at radius 3 is 3.00 bits per heavy atom. The van der Waals surface area contributed by atoms with E-state index < -0.39 is 0 Å². The van der Waals surface area contributed by atoms with Gasteiger partial charge in [0.1, 0.15) is 5.82 Å². The molecular weight excluding hydrogens is 191 g/mol. The normalized spacial score (nSPS) is 17.3. The summed E-state index contributed by atoms with van der Waals surface area (Å²) in [6.45, 7) is 2.94. The van der Waals surface area contributed by atoms with Crippen LogP contribution in [0.25, 0.3) is 0 Å². The number of nitrogens with one attached hydrogen (secondary N) is 1. The molecule has 1 aromatic carbocycles. The maximum absolute atomic E-state index is 13.0. The van der Waals surface area contributed by atoms with Gasteiger partial charge in [-0.25, -0.2) is 4.39 Å². The molecule has 0 fully saturated rings. The van der Waals surface area contributed by atoms with E-state index in [1.807, 2.05) is 13.0 Å². The standard InChI is InChI=1S/C12H15FN2/c1-9(15-12-6-3-7-14-12)10-4-2-5-11(13)8-10/h2,4-5,8-9H,3,6-7H2,1H3,(H,14,15)/t9-/m1/s1. The molecule has 0 saturated heterocycles. The van der Waals surface area contributed by atoms with Crippen LogP contribution in [0.5, 0.6) is 0 Å². The van der Waals surface area contributed by atoms with Gasteiger partial charge in [0.15, 0.2) is 0 Å². The van der Waals surface area contributed by atoms with E-state index in [4.69, 9.17) is 0 Å². The van der Waals surface area contributed by atoms with Crippen LogP contribution in [0, 0.1) is 5.82 Å². The molecule has 0 aliphatic carbocycles. The Morgan fingerprint density at radius 2 is 2.33 bits per heavy atom. The summed E-state index contributed by atoms with van der Waals surface area (Å²) >= 11 is 0. The van der Waals surface area contributed by atoms with Crippen molar-refractivity contribution < 1.29 is 4.39 Å². The average Bonchev–Trinajstić information content (AvgIpc) is 2.70. The van der Waals surface area contributed by atoms with Crippen molar-refractivity contribution in [3.8, 4) is 0 Å². The van der Waals surface area contributed by atoms with E-state index in [2.05, 4.69) is 10.3 Å². The van der Waals surface area contributed by atoms with E-state index >= 15 is 0 Å². The Hall–Kier alpha value is -1.38. The van der Waals surface area contributed by atoms with Gasteiger partial charge in [-0.1, -0.05) is 12.1 Å². The highest BCUT2D eigenvalue weighted by Gasteiger charge is 2.11. The van der Waals surface area contributed by atoms with Gasteiger partial charge in [0.05, 0.1) is 5.84 Å². The summed E-state index contributed by atoms with van der Waals surface area (Å²) in [7, 11) is 0. The molecule has 3 heteroatoms. The molecule has 0 aromatic heterocycles. The van der Waals surface area contributed by atoms with Crippen molar-refractivity contribution in [2.24, 2.45) is 4.99 Å². The molecule has 80 valence electrons. The second-order valence-electron chi connectivity index (χ2n) is 3.85. The Kier molecular flexibility index (Phi) is 2.99. The summed E-state index contributed by atoms with van der Waals surface area (Å²) < 4.78 is 13.0. The third-order valence-corrected chi connectivity index (χ3v) is 2.61. The third kappa shape index (κ3) is 2.55. The number of aliphatic imine (C=N–C) groups is 1. The van der Waals surface area contributed by atoms with Crippen molar-refractivity contribution >= 4 is 5.84 Å². The highest BCUT2D eigenvalue weighted by atomic mass is 19.1. The quantitative estimate of drug-likeness (QED) is 0.790. The molecule has 2 nitrogen and oxygen atoms in total. The fourth-order valence-electron chi connectivity index (χ4n) is 1.77. The van der Waals surface area contributed by atoms with Gasteiger partial charge in [-0.05, 0) is 31.0 Å². The molecular formula is C12H15FN2. The summed E-state index contributed by atoms with van der Waals surface area (Å²) in [6, 6.07) is 6.81. The largest absolute Gasteiger partial charge is 0.367 e. The van der Waals surface area contributed by atoms with Gasteiger partial charge >= 0.3 is 0 Å². The van der Waals surface area contributed by atoms with E-state index in [0.717, 1.165) is 30.8 Å². The Morgan fingerprint density at radius 1 is 1.47 bits per heavy atom. The number of nitrogens with zero attached hydrogens (tertiary/aromatic N) is 1. The van der Waals surface area contributed by atoms with E-state index in [1.54, 1.807) is 12.1 Å². The molecule has 0 saturated carbocycles. The molecule has 1 aromatic rings. The molecule has 0 radical (unpaired) electrons. The summed E-state index contributed by atoms with van der Waals surface area (Å²) in [5.74, 6) is 0.862. The molecule has 1 aliphatic heterocycles. The van der Waals surface area contributed by atoms with Gasteiger partial charge in [-0.2, -0.15) is 0 Å². The minimum atomic E-state index is -0.186. The number of rotatable bonds is 2. The monoisotopic (exact) mass is 206 g/mol. The van der Waals surface area contributed by atoms with Crippen LogP contribution in [0.3, 0.4) is 0 Å². The average molecular weight is 206 g/mol. The number of halogens is 1. The Labute approximate surface area is 89.2 Å². The Bertz CT molecular complexity index is 374. The van der Waals surface area contributed by atoms with Gasteiger partial charge in [-0.3, -0.25) is 4.99 Å². The second kappa shape index (κ2) is 4.43. The maximum Gasteiger partial charge on any atom is 0.123 e. The van der Waals surface area contributed by atoms with E-state index in [-0.39, 0.29) is 11.9 Å². The van der Waals surface area contributed by atoms with E-state index in [9.17, 15) is 4.39 Å². The lowest BCUT2D eigenvalue weighted by Gasteiger charge is -2.15. The van der Waals surface area contributed by atoms with E-state index in [1.165, 1.54) is 6.07 Å². The number of hydrogen-bond acceptors (Lipinski definition) is 2. The van der Waals surface area contributed by atoms with Crippen LogP contribution in [-0.4, -0.2) is 12.4 Å². The van der Waals surface area contributed by atoms with Crippen LogP contribution in [0.2, 0.25) is 0 Å². The highest BCUT2D eigenvalue weighted by molar-refractivity contribution is 5.83. The highest BCUT2D eigenvalue weighted by Crippen LogP contribution is 2.15. The lowest BCUT2D eigenvalue weighted by molar-refractivity contribution is 0.617. The van der Waals surface area contributed by atoms with Crippen LogP contribution in [0.4, 0.5) is 4.39 Å². The topological polar surface area (TPSA) is 24.4 Å². The van der Waals surface area contributed by atoms with Crippen molar-refractivity contribution in [1.82, 2.24) is 5.32 Å². The molecule has 15 heavy (non-hydrogen) atoms. The number of amidine groups is 1. The van der Waals surface area contributed by atoms with Crippen LogP contribution in [0.1, 0.15) is 31.4 Å². The summed E-state index contributed by atoms with van der Waals surface area (Å²) in [5.41, 5.74) is 0.963. The van der Waals surface area contributed by atoms with Crippen molar-refractivity contribution in [3.05, 3.63) is 35.6 Å². The minimum Gasteiger partial charge on any atom is -0.367 e. The van der Waals surface area contributed by atoms with Crippen LogP contribution < -0.4 is 5.32 Å². The van der Waals surface area contributed by atoms with Gasteiger partial charge in [0.25, 0.3) is 0 Å². The first-order chi connectivity index (χ1) is 7.25. The predicted octanol–water partition coefficient (Wildman–Crippen LogP) is 2.67. The number of hydrogen-bond donors (Lipinski definition) is 1. The Balaban J connectivity index is 2.04. The first kappa shape index (κ1) is 10.1. The summed E-state index contributed by atoms with van der Waals surface area (Å²) in [4.78, 5) is 4.34. The first-order valence-corrected chi connectivity index (χ1v) is 5.31. The molecule has 2 rings (SSSR count). The zero-order valence-corrected chi connectivity index (χ0v) is 8.83. The zero-order chi connectivity index (χ0) is 10.7. The lowest BCUT2D eigenvalue weighted by Crippen LogP contribution is -2.24. The molecule has 0 bridgehead atoms. The zero-order valence-electron chi connectivity index (χ0n) is 8.83. The van der Waals surface area contributed by atoms with Gasteiger partial charge in [-0.15, -0.1) is 0 Å². The van der Waals surface area contributed by atoms with Crippen molar-refractivity contribution in [2.45, 2.75) is 25.8 Å². The van der Waals surface area contributed by atoms with Crippen LogP contribution in [0.15, 0.2) is 29.3 Å². The molecule has 1 atom stereocenters. The molecule has 1 heterocycles. The lowest BCUT2D eigenvalue weighted by atomic mass is 10.1. The smallest absolute Gasteiger partial charge is 0.123 e. The maximum atomic E-state index is 13.0. The van der Waals surface area contributed by atoms with Crippen LogP contribution in [-0.2, 0) is 0 Å². The third-order valence-electron chi connectivity index (χ3n) is 2.61. The van der Waals surface area contributed by atoms with E-state index in [0.29, 0.717) is 0 Å². The molecule has 1 N–H and O–H groups in total. The first-order valence-electron chi connectivity index (χ1n) is 5.31. The summed E-state index contributed by atoms with van der Waals surface area (Å²) in [5, 5.41) is 3.31. The summed E-state index contributed by atoms with van der Waals surface area (Å²) in [6.07, 6.45) is 2.14. The van der Waals surface area contributed by atoms with Crippen LogP contribution >= 0.6 is 0 Å². The second-order valence-corrected chi connectivity index (χ2v) is 3.85. The number of benzene rings is 1. The van der Waals surface area contributed by atoms with Gasteiger partial charge in [0, 0.05) is 19.0 Å². The fourth-order valence-corrected chi connectivity index (χ4v) is 1.77.